The van der Waals surface area contributed by atoms with Gasteiger partial charge in [0.1, 0.15) is 15.5 Å². The molecule has 400 valence electrons. The van der Waals surface area contributed by atoms with Crippen LogP contribution in [-0.4, -0.2) is 124 Å². The summed E-state index contributed by atoms with van der Waals surface area (Å²) < 4.78 is 78.6. The van der Waals surface area contributed by atoms with Crippen molar-refractivity contribution in [2.45, 2.75) is 87.3 Å². The van der Waals surface area contributed by atoms with Crippen LogP contribution in [0.4, 0.5) is 10.5 Å². The molecule has 5 aromatic carbocycles. The van der Waals surface area contributed by atoms with Crippen LogP contribution in [0, 0.1) is 0 Å². The fraction of sp³-hybridized carbons (Fsp3) is 0.333. The van der Waals surface area contributed by atoms with Gasteiger partial charge in [0.25, 0.3) is 11.8 Å². The van der Waals surface area contributed by atoms with Gasteiger partial charge in [0.15, 0.2) is 8.32 Å². The summed E-state index contributed by atoms with van der Waals surface area (Å²) in [5.41, 5.74) is 3.96. The quantitative estimate of drug-likeness (QED) is 0.0359. The third kappa shape index (κ3) is 12.6. The van der Waals surface area contributed by atoms with Crippen LogP contribution < -0.4 is 19.7 Å². The molecule has 2 aliphatic heterocycles. The lowest BCUT2D eigenvalue weighted by Crippen LogP contribution is -2.50. The molecule has 6 aromatic rings. The van der Waals surface area contributed by atoms with Crippen LogP contribution >= 0.6 is 0 Å². The summed E-state index contributed by atoms with van der Waals surface area (Å²) in [7, 11) is -10.8. The molecule has 8 rings (SSSR count). The lowest BCUT2D eigenvalue weighted by Gasteiger charge is -2.39. The van der Waals surface area contributed by atoms with Crippen molar-refractivity contribution in [2.75, 3.05) is 44.7 Å². The van der Waals surface area contributed by atoms with Crippen molar-refractivity contribution in [3.05, 3.63) is 161 Å². The first-order chi connectivity index (χ1) is 36.1. The average Bonchev–Trinajstić information content (AvgIpc) is 4.01. The van der Waals surface area contributed by atoms with Gasteiger partial charge >= 0.3 is 6.09 Å². The van der Waals surface area contributed by atoms with Gasteiger partial charge in [-0.15, -0.1) is 10.2 Å². The molecule has 2 aliphatic rings. The van der Waals surface area contributed by atoms with Crippen molar-refractivity contribution >= 4 is 52.0 Å². The van der Waals surface area contributed by atoms with Crippen molar-refractivity contribution in [3.8, 4) is 17.1 Å². The summed E-state index contributed by atoms with van der Waals surface area (Å²) in [5.74, 6) is -0.254. The Morgan fingerprint density at radius 3 is 1.93 bits per heavy atom. The first kappa shape index (κ1) is 55.2. The van der Waals surface area contributed by atoms with Crippen LogP contribution in [0.2, 0.25) is 18.1 Å². The van der Waals surface area contributed by atoms with E-state index in [4.69, 9.17) is 14.3 Å². The number of imide groups is 1. The van der Waals surface area contributed by atoms with Crippen LogP contribution in [0.3, 0.4) is 0 Å². The first-order valence-corrected chi connectivity index (χ1v) is 30.7. The van der Waals surface area contributed by atoms with Gasteiger partial charge < -0.3 is 24.5 Å². The number of nitrogens with one attached hydrogen (secondary N) is 2. The zero-order chi connectivity index (χ0) is 54.4. The Morgan fingerprint density at radius 1 is 0.803 bits per heavy atom. The Balaban J connectivity index is 1.25. The van der Waals surface area contributed by atoms with Crippen LogP contribution in [0.25, 0.3) is 11.4 Å². The topological polar surface area (TPSA) is 236 Å². The molecule has 1 aromatic heterocycles. The SMILES string of the molecule is COc1ccc(Cn2nnc(-c3c(N4CCC(=CCN5C(=O)c6ccccc6C5=O)CC4)ccc(S(=O)(=O)NCC(CNC(=O)O)O[Si](C)(C)C(C)(C)C)c3S(=O)(=O)N(Cc3ccccc3)Cc3ccccc3)n2)cc1. The minimum Gasteiger partial charge on any atom is -0.497 e. The Bertz CT molecular complexity index is 3250. The number of benzene rings is 5. The maximum absolute atomic E-state index is 16.2. The Hall–Kier alpha value is -7.08. The number of piperidine rings is 1. The molecule has 3 heterocycles. The molecule has 3 N–H and O–H groups in total. The van der Waals surface area contributed by atoms with E-state index in [1.165, 1.54) is 20.1 Å². The number of carbonyl (C=O) groups excluding carboxylic acids is 2. The number of sulfonamides is 2. The molecular weight excluding hydrogens is 1030 g/mol. The fourth-order valence-corrected chi connectivity index (χ4v) is 13.7. The average molecular weight is 1090 g/mol. The minimum absolute atomic E-state index is 0.0723. The highest BCUT2D eigenvalue weighted by Crippen LogP contribution is 2.43. The normalized spacial score (nSPS) is 14.8. The monoisotopic (exact) mass is 1090 g/mol. The highest BCUT2D eigenvalue weighted by molar-refractivity contribution is 7.92. The second-order valence-corrected chi connectivity index (χ2v) is 28.5. The summed E-state index contributed by atoms with van der Waals surface area (Å²) in [6, 6.07) is 34.7. The van der Waals surface area contributed by atoms with Crippen LogP contribution in [-0.2, 0) is 44.1 Å². The largest absolute Gasteiger partial charge is 0.497 e. The molecule has 3 amide bonds. The third-order valence-corrected chi connectivity index (χ3v) is 22.0. The smallest absolute Gasteiger partial charge is 0.404 e. The van der Waals surface area contributed by atoms with E-state index in [9.17, 15) is 19.5 Å². The van der Waals surface area contributed by atoms with Crippen LogP contribution in [0.1, 0.15) is 71.0 Å². The van der Waals surface area contributed by atoms with Crippen LogP contribution in [0.15, 0.2) is 143 Å². The lowest BCUT2D eigenvalue weighted by molar-refractivity contribution is 0.0671. The molecule has 0 saturated carbocycles. The first-order valence-electron chi connectivity index (χ1n) is 24.8. The zero-order valence-corrected chi connectivity index (χ0v) is 46.0. The number of tetrazole rings is 1. The van der Waals surface area contributed by atoms with E-state index in [-0.39, 0.29) is 61.0 Å². The highest BCUT2D eigenvalue weighted by Gasteiger charge is 2.42. The van der Waals surface area contributed by atoms with Crippen molar-refractivity contribution in [3.63, 3.8) is 0 Å². The third-order valence-electron chi connectivity index (χ3n) is 14.0. The number of methoxy groups -OCH3 is 1. The molecule has 0 radical (unpaired) electrons. The summed E-state index contributed by atoms with van der Waals surface area (Å²) in [5, 5.41) is 25.2. The van der Waals surface area contributed by atoms with Gasteiger partial charge in [0.2, 0.25) is 25.9 Å². The molecule has 0 spiro atoms. The predicted molar refractivity (Wildman–Crippen MR) is 289 cm³/mol. The van der Waals surface area contributed by atoms with Crippen molar-refractivity contribution in [2.24, 2.45) is 0 Å². The summed E-state index contributed by atoms with van der Waals surface area (Å²) in [6.45, 7) is 9.79. The highest BCUT2D eigenvalue weighted by atomic mass is 32.2. The van der Waals surface area contributed by atoms with Gasteiger partial charge in [0, 0.05) is 51.5 Å². The summed E-state index contributed by atoms with van der Waals surface area (Å²) in [4.78, 5) is 41.5. The number of hydrogen-bond acceptors (Lipinski definition) is 13. The molecule has 0 aliphatic carbocycles. The molecular formula is C54H63N9O10S2Si. The van der Waals surface area contributed by atoms with Gasteiger partial charge in [-0.3, -0.25) is 14.5 Å². The van der Waals surface area contributed by atoms with E-state index in [1.54, 1.807) is 98.1 Å². The number of carbonyl (C=O) groups is 3. The fourth-order valence-electron chi connectivity index (χ4n) is 8.83. The second kappa shape index (κ2) is 23.0. The van der Waals surface area contributed by atoms with Gasteiger partial charge in [-0.05, 0) is 89.3 Å². The van der Waals surface area contributed by atoms with Crippen molar-refractivity contribution in [1.29, 1.82) is 0 Å². The number of carboxylic acid groups (broad SMARTS) is 1. The molecule has 1 atom stereocenters. The van der Waals surface area contributed by atoms with Crippen molar-refractivity contribution < 1.29 is 45.5 Å². The molecule has 76 heavy (non-hydrogen) atoms. The minimum atomic E-state index is -4.92. The standard InChI is InChI=1S/C54H63N9O10S2Si/c1-54(2,3)76(5,6)73-43(33-55-53(66)67)34-56-74(68,69)47-26-25-46(60-30-27-38(28-31-60)29-32-62-51(64)44-19-13-14-20-45(44)52(62)65)48(50-57-59-63(58-50)37-41-21-23-42(72-4)24-22-41)49(47)75(70,71)61(35-39-15-9-7-10-16-39)36-40-17-11-8-12-18-40/h7-26,29,43,55-56H,27-28,30-37H2,1-6H3,(H,66,67). The maximum Gasteiger partial charge on any atom is 0.404 e. The number of aromatic nitrogens is 4. The molecule has 1 fully saturated rings. The van der Waals surface area contributed by atoms with Crippen molar-refractivity contribution in [1.82, 2.24) is 39.5 Å². The van der Waals surface area contributed by atoms with Gasteiger partial charge in [0.05, 0.1) is 36.4 Å². The number of fused-ring (bicyclic) bond motifs is 1. The molecule has 22 heteroatoms. The van der Waals surface area contributed by atoms with Gasteiger partial charge in [-0.25, -0.2) is 26.4 Å². The summed E-state index contributed by atoms with van der Waals surface area (Å²) in [6.07, 6.45) is 0.483. The Kier molecular flexibility index (Phi) is 16.7. The zero-order valence-electron chi connectivity index (χ0n) is 43.3. The van der Waals surface area contributed by atoms with Crippen LogP contribution in [0.5, 0.6) is 5.75 Å². The van der Waals surface area contributed by atoms with Gasteiger partial charge in [-0.2, -0.15) is 9.10 Å². The second-order valence-electron chi connectivity index (χ2n) is 20.2. The molecule has 19 nitrogen and oxygen atoms in total. The van der Waals surface area contributed by atoms with E-state index in [0.29, 0.717) is 59.6 Å². The van der Waals surface area contributed by atoms with E-state index in [1.807, 2.05) is 69.1 Å². The summed E-state index contributed by atoms with van der Waals surface area (Å²) >= 11 is 0. The number of rotatable bonds is 21. The Labute approximate surface area is 444 Å². The number of nitrogens with zero attached hydrogens (tertiary/aromatic N) is 7. The Morgan fingerprint density at radius 2 is 1.38 bits per heavy atom. The van der Waals surface area contributed by atoms with Gasteiger partial charge in [-0.1, -0.05) is 117 Å². The lowest BCUT2D eigenvalue weighted by atomic mass is 10.0. The van der Waals surface area contributed by atoms with E-state index >= 15 is 16.8 Å². The van der Waals surface area contributed by atoms with E-state index in [0.717, 1.165) is 11.1 Å². The predicted octanol–water partition coefficient (Wildman–Crippen LogP) is 7.55. The van der Waals surface area contributed by atoms with E-state index in [2.05, 4.69) is 20.4 Å². The number of anilines is 1. The molecule has 1 unspecified atom stereocenters. The van der Waals surface area contributed by atoms with E-state index < -0.39 is 56.9 Å². The molecule has 0 bridgehead atoms. The number of amides is 3. The number of hydrogen-bond donors (Lipinski definition) is 3. The molecule has 1 saturated heterocycles. The number of ether oxygens (including phenoxy) is 1. The maximum atomic E-state index is 16.2.